The van der Waals surface area contributed by atoms with Crippen molar-refractivity contribution in [1.29, 1.82) is 0 Å². The SMILES string of the molecule is COc1ccc(-c2ccc(-c3nc4c5ccccc5c5ccccc5c4n3-c3ccccc3)c3nsnc23)cc1. The number of imidazole rings is 1. The molecule has 0 radical (unpaired) electrons. The first-order chi connectivity index (χ1) is 19.8. The zero-order valence-electron chi connectivity index (χ0n) is 21.6. The van der Waals surface area contributed by atoms with E-state index >= 15 is 0 Å². The predicted molar refractivity (Wildman–Crippen MR) is 164 cm³/mol. The molecule has 0 aliphatic heterocycles. The van der Waals surface area contributed by atoms with Gasteiger partial charge in [-0.1, -0.05) is 84.9 Å². The molecule has 0 aliphatic rings. The Morgan fingerprint density at radius 1 is 0.575 bits per heavy atom. The topological polar surface area (TPSA) is 52.8 Å². The molecule has 2 aromatic heterocycles. The fraction of sp³-hybridized carbons (Fsp3) is 0.0294. The van der Waals surface area contributed by atoms with E-state index in [-0.39, 0.29) is 0 Å². The summed E-state index contributed by atoms with van der Waals surface area (Å²) in [6.45, 7) is 0. The number of rotatable bonds is 4. The molecule has 6 aromatic carbocycles. The number of hydrogen-bond acceptors (Lipinski definition) is 5. The van der Waals surface area contributed by atoms with E-state index in [1.54, 1.807) is 7.11 Å². The van der Waals surface area contributed by atoms with Crippen molar-refractivity contribution >= 4 is 55.3 Å². The first-order valence-corrected chi connectivity index (χ1v) is 13.8. The van der Waals surface area contributed by atoms with Gasteiger partial charge < -0.3 is 4.74 Å². The van der Waals surface area contributed by atoms with E-state index in [2.05, 4.69) is 102 Å². The predicted octanol–water partition coefficient (Wildman–Crippen LogP) is 8.68. The molecule has 8 aromatic rings. The molecule has 5 nitrogen and oxygen atoms in total. The number of hydrogen-bond donors (Lipinski definition) is 0. The van der Waals surface area contributed by atoms with Gasteiger partial charge in [0.25, 0.3) is 0 Å². The standard InChI is InChI=1S/C34H22N4OS/c1-39-23-17-15-21(16-18-23)24-19-20-29(31-30(24)36-40-37-31)34-35-32-27-13-7-5-11-25(27)26-12-6-8-14-28(26)33(32)38(34)22-9-3-2-4-10-22/h2-20H,1H3. The van der Waals surface area contributed by atoms with Gasteiger partial charge in [0.15, 0.2) is 0 Å². The minimum Gasteiger partial charge on any atom is -0.497 e. The van der Waals surface area contributed by atoms with Gasteiger partial charge in [-0.2, -0.15) is 8.75 Å². The Balaban J connectivity index is 1.48. The van der Waals surface area contributed by atoms with E-state index in [0.717, 1.165) is 61.4 Å². The van der Waals surface area contributed by atoms with Crippen molar-refractivity contribution < 1.29 is 4.74 Å². The Labute approximate surface area is 234 Å². The maximum atomic E-state index is 5.38. The number of methoxy groups -OCH3 is 1. The zero-order chi connectivity index (χ0) is 26.6. The molecular weight excluding hydrogens is 512 g/mol. The summed E-state index contributed by atoms with van der Waals surface area (Å²) >= 11 is 1.23. The lowest BCUT2D eigenvalue weighted by Gasteiger charge is -2.13. The first-order valence-electron chi connectivity index (χ1n) is 13.1. The van der Waals surface area contributed by atoms with Gasteiger partial charge in [0.1, 0.15) is 22.6 Å². The normalized spacial score (nSPS) is 11.6. The van der Waals surface area contributed by atoms with Gasteiger partial charge in [-0.25, -0.2) is 4.98 Å². The largest absolute Gasteiger partial charge is 0.497 e. The molecule has 6 heteroatoms. The second-order valence-corrected chi connectivity index (χ2v) is 10.3. The van der Waals surface area contributed by atoms with Crippen LogP contribution >= 0.6 is 11.7 Å². The highest BCUT2D eigenvalue weighted by atomic mass is 32.1. The van der Waals surface area contributed by atoms with Crippen LogP contribution in [0.25, 0.3) is 71.8 Å². The average molecular weight is 535 g/mol. The fourth-order valence-corrected chi connectivity index (χ4v) is 6.34. The zero-order valence-corrected chi connectivity index (χ0v) is 22.4. The van der Waals surface area contributed by atoms with Crippen LogP contribution in [0.2, 0.25) is 0 Å². The molecule has 40 heavy (non-hydrogen) atoms. The highest BCUT2D eigenvalue weighted by Crippen LogP contribution is 2.41. The van der Waals surface area contributed by atoms with E-state index in [9.17, 15) is 0 Å². The highest BCUT2D eigenvalue weighted by molar-refractivity contribution is 7.00. The van der Waals surface area contributed by atoms with E-state index < -0.39 is 0 Å². The minimum absolute atomic E-state index is 0.823. The third-order valence-corrected chi connectivity index (χ3v) is 8.13. The molecule has 0 saturated heterocycles. The number of aromatic nitrogens is 4. The summed E-state index contributed by atoms with van der Waals surface area (Å²) in [6.07, 6.45) is 0. The third kappa shape index (κ3) is 3.36. The Morgan fingerprint density at radius 3 is 1.90 bits per heavy atom. The lowest BCUT2D eigenvalue weighted by molar-refractivity contribution is 0.415. The van der Waals surface area contributed by atoms with Crippen molar-refractivity contribution in [2.45, 2.75) is 0 Å². The molecule has 0 N–H and O–H groups in total. The second kappa shape index (κ2) is 9.00. The molecule has 0 aliphatic carbocycles. The third-order valence-electron chi connectivity index (χ3n) is 7.60. The van der Waals surface area contributed by atoms with Crippen molar-refractivity contribution in [3.8, 4) is 34.0 Å². The number of fused-ring (bicyclic) bond motifs is 7. The van der Waals surface area contributed by atoms with Gasteiger partial charge in [0.05, 0.1) is 29.9 Å². The van der Waals surface area contributed by atoms with Gasteiger partial charge in [-0.15, -0.1) is 0 Å². The molecular formula is C34H22N4OS. The van der Waals surface area contributed by atoms with E-state index in [0.29, 0.717) is 0 Å². The fourth-order valence-electron chi connectivity index (χ4n) is 5.77. The maximum Gasteiger partial charge on any atom is 0.148 e. The second-order valence-electron chi connectivity index (χ2n) is 9.75. The average Bonchev–Trinajstić information content (AvgIpc) is 3.68. The Hall–Kier alpha value is -5.07. The number of para-hydroxylation sites is 1. The van der Waals surface area contributed by atoms with Crippen molar-refractivity contribution in [2.75, 3.05) is 7.11 Å². The summed E-state index contributed by atoms with van der Waals surface area (Å²) in [5.41, 5.74) is 7.89. The highest BCUT2D eigenvalue weighted by Gasteiger charge is 2.23. The summed E-state index contributed by atoms with van der Waals surface area (Å²) in [4.78, 5) is 5.38. The van der Waals surface area contributed by atoms with Crippen LogP contribution in [0.5, 0.6) is 5.75 Å². The first kappa shape index (κ1) is 22.9. The summed E-state index contributed by atoms with van der Waals surface area (Å²) in [5, 5.41) is 4.71. The van der Waals surface area contributed by atoms with E-state index in [1.165, 1.54) is 27.9 Å². The van der Waals surface area contributed by atoms with Crippen LogP contribution in [0.4, 0.5) is 0 Å². The quantitative estimate of drug-likeness (QED) is 0.212. The van der Waals surface area contributed by atoms with Gasteiger partial charge in [-0.3, -0.25) is 4.57 Å². The summed E-state index contributed by atoms with van der Waals surface area (Å²) in [5.74, 6) is 1.67. The molecule has 0 spiro atoms. The summed E-state index contributed by atoms with van der Waals surface area (Å²) in [6, 6.07) is 39.9. The van der Waals surface area contributed by atoms with Crippen LogP contribution < -0.4 is 4.74 Å². The van der Waals surface area contributed by atoms with Crippen molar-refractivity contribution in [3.63, 3.8) is 0 Å². The lowest BCUT2D eigenvalue weighted by atomic mass is 10.00. The molecule has 0 bridgehead atoms. The van der Waals surface area contributed by atoms with Crippen LogP contribution in [0.3, 0.4) is 0 Å². The van der Waals surface area contributed by atoms with Crippen LogP contribution in [0.1, 0.15) is 0 Å². The minimum atomic E-state index is 0.823. The van der Waals surface area contributed by atoms with Crippen molar-refractivity contribution in [1.82, 2.24) is 18.3 Å². The lowest BCUT2D eigenvalue weighted by Crippen LogP contribution is -1.99. The van der Waals surface area contributed by atoms with Gasteiger partial charge in [0, 0.05) is 27.6 Å². The summed E-state index contributed by atoms with van der Waals surface area (Å²) < 4.78 is 17.2. The monoisotopic (exact) mass is 534 g/mol. The van der Waals surface area contributed by atoms with Crippen molar-refractivity contribution in [3.05, 3.63) is 115 Å². The molecule has 2 heterocycles. The van der Waals surface area contributed by atoms with Crippen LogP contribution in [-0.4, -0.2) is 25.4 Å². The number of nitrogens with zero attached hydrogens (tertiary/aromatic N) is 4. The van der Waals surface area contributed by atoms with Gasteiger partial charge in [-0.05, 0) is 46.7 Å². The smallest absolute Gasteiger partial charge is 0.148 e. The molecule has 0 fully saturated rings. The van der Waals surface area contributed by atoms with Crippen LogP contribution in [0, 0.1) is 0 Å². The van der Waals surface area contributed by atoms with E-state index in [1.807, 2.05) is 18.2 Å². The number of benzene rings is 6. The maximum absolute atomic E-state index is 5.38. The molecule has 190 valence electrons. The van der Waals surface area contributed by atoms with Gasteiger partial charge in [0.2, 0.25) is 0 Å². The molecule has 8 rings (SSSR count). The molecule has 0 unspecified atom stereocenters. The Kier molecular flexibility index (Phi) is 5.15. The Bertz CT molecular complexity index is 2200. The summed E-state index contributed by atoms with van der Waals surface area (Å²) in [7, 11) is 1.68. The number of ether oxygens (including phenoxy) is 1. The van der Waals surface area contributed by atoms with E-state index in [4.69, 9.17) is 18.5 Å². The Morgan fingerprint density at radius 2 is 1.18 bits per heavy atom. The van der Waals surface area contributed by atoms with Crippen molar-refractivity contribution in [2.24, 2.45) is 0 Å². The molecule has 0 atom stereocenters. The van der Waals surface area contributed by atoms with Crippen LogP contribution in [-0.2, 0) is 0 Å². The van der Waals surface area contributed by atoms with Crippen LogP contribution in [0.15, 0.2) is 115 Å². The molecule has 0 saturated carbocycles. The van der Waals surface area contributed by atoms with Gasteiger partial charge >= 0.3 is 0 Å². The molecule has 0 amide bonds.